The average Bonchev–Trinajstić information content (AvgIpc) is 2.01. The fourth-order valence-electron chi connectivity index (χ4n) is 0.697. The molecule has 5 heteroatoms. The molecule has 1 aromatic carbocycles. The van der Waals surface area contributed by atoms with Crippen LogP contribution in [0.25, 0.3) is 0 Å². The Morgan fingerprint density at radius 2 is 2.17 bits per heavy atom. The Hall–Kier alpha value is -0.840. The summed E-state index contributed by atoms with van der Waals surface area (Å²) in [5.74, 6) is -1.06. The van der Waals surface area contributed by atoms with Gasteiger partial charge in [-0.1, -0.05) is 0 Å². The van der Waals surface area contributed by atoms with Crippen molar-refractivity contribution in [2.75, 3.05) is 6.86 Å². The maximum atomic E-state index is 12.8. The summed E-state index contributed by atoms with van der Waals surface area (Å²) in [5.41, 5.74) is 0. The Kier molecular flexibility index (Phi) is 2.86. The highest BCUT2D eigenvalue weighted by Gasteiger charge is 2.07. The molecule has 0 saturated heterocycles. The van der Waals surface area contributed by atoms with E-state index in [1.54, 1.807) is 0 Å². The van der Waals surface area contributed by atoms with Gasteiger partial charge in [0.15, 0.2) is 0 Å². The van der Waals surface area contributed by atoms with Crippen molar-refractivity contribution in [3.8, 4) is 11.5 Å². The predicted octanol–water partition coefficient (Wildman–Crippen LogP) is 2.60. The van der Waals surface area contributed by atoms with Gasteiger partial charge < -0.3 is 9.84 Å². The van der Waals surface area contributed by atoms with Gasteiger partial charge in [0.2, 0.25) is 6.86 Å². The summed E-state index contributed by atoms with van der Waals surface area (Å²) in [6.07, 6.45) is 0. The molecule has 66 valence electrons. The number of ether oxygens (including phenoxy) is 1. The van der Waals surface area contributed by atoms with Gasteiger partial charge in [0, 0.05) is 12.1 Å². The van der Waals surface area contributed by atoms with Gasteiger partial charge in [-0.05, 0) is 15.9 Å². The summed E-state index contributed by atoms with van der Waals surface area (Å²) in [7, 11) is 0. The number of hydrogen-bond acceptors (Lipinski definition) is 2. The van der Waals surface area contributed by atoms with E-state index in [1.165, 1.54) is 0 Å². The molecule has 0 spiro atoms. The summed E-state index contributed by atoms with van der Waals surface area (Å²) in [5, 5.41) is 9.02. The molecule has 0 unspecified atom stereocenters. The number of alkyl halides is 1. The predicted molar refractivity (Wildman–Crippen MR) is 42.4 cm³/mol. The van der Waals surface area contributed by atoms with E-state index in [1.807, 2.05) is 0 Å². The van der Waals surface area contributed by atoms with Crippen molar-refractivity contribution < 1.29 is 18.6 Å². The highest BCUT2D eigenvalue weighted by atomic mass is 79.9. The average molecular weight is 239 g/mol. The number of hydrogen-bond donors (Lipinski definition) is 1. The van der Waals surface area contributed by atoms with Crippen molar-refractivity contribution in [1.29, 1.82) is 0 Å². The number of phenolic OH excluding ortho intramolecular Hbond substituents is 1. The number of benzene rings is 1. The zero-order valence-corrected chi connectivity index (χ0v) is 7.44. The molecule has 1 N–H and O–H groups in total. The molecule has 0 radical (unpaired) electrons. The largest absolute Gasteiger partial charge is 0.507 e. The van der Waals surface area contributed by atoms with Gasteiger partial charge >= 0.3 is 0 Å². The second kappa shape index (κ2) is 3.71. The van der Waals surface area contributed by atoms with E-state index in [2.05, 4.69) is 20.7 Å². The van der Waals surface area contributed by atoms with Crippen molar-refractivity contribution in [3.05, 3.63) is 22.4 Å². The Balaban J connectivity index is 3.04. The molecule has 0 heterocycles. The number of rotatable bonds is 2. The zero-order valence-electron chi connectivity index (χ0n) is 5.85. The topological polar surface area (TPSA) is 29.5 Å². The van der Waals surface area contributed by atoms with Crippen LogP contribution in [-0.2, 0) is 0 Å². The molecule has 0 aliphatic carbocycles. The molecule has 0 saturated carbocycles. The molecular formula is C7H5BrF2O2. The van der Waals surface area contributed by atoms with E-state index in [9.17, 15) is 8.78 Å². The van der Waals surface area contributed by atoms with Crippen LogP contribution in [0.5, 0.6) is 11.5 Å². The van der Waals surface area contributed by atoms with E-state index in [-0.39, 0.29) is 16.0 Å². The van der Waals surface area contributed by atoms with E-state index in [0.29, 0.717) is 0 Å². The summed E-state index contributed by atoms with van der Waals surface area (Å²) >= 11 is 2.79. The molecule has 2 nitrogen and oxygen atoms in total. The normalized spacial score (nSPS) is 9.92. The second-order valence-corrected chi connectivity index (χ2v) is 2.78. The third kappa shape index (κ3) is 1.85. The monoisotopic (exact) mass is 238 g/mol. The third-order valence-corrected chi connectivity index (χ3v) is 1.99. The van der Waals surface area contributed by atoms with Gasteiger partial charge in [-0.2, -0.15) is 0 Å². The first-order valence-corrected chi connectivity index (χ1v) is 3.81. The van der Waals surface area contributed by atoms with Crippen LogP contribution >= 0.6 is 15.9 Å². The van der Waals surface area contributed by atoms with Crippen LogP contribution in [-0.4, -0.2) is 12.0 Å². The highest BCUT2D eigenvalue weighted by Crippen LogP contribution is 2.31. The lowest BCUT2D eigenvalue weighted by molar-refractivity contribution is 0.190. The van der Waals surface area contributed by atoms with E-state index >= 15 is 0 Å². The molecule has 1 rings (SSSR count). The zero-order chi connectivity index (χ0) is 9.14. The number of phenols is 1. The van der Waals surface area contributed by atoms with Gasteiger partial charge in [-0.15, -0.1) is 0 Å². The Morgan fingerprint density at radius 1 is 1.50 bits per heavy atom. The van der Waals surface area contributed by atoms with Crippen molar-refractivity contribution in [2.45, 2.75) is 0 Å². The minimum absolute atomic E-state index is 0.0456. The van der Waals surface area contributed by atoms with E-state index in [0.717, 1.165) is 12.1 Å². The lowest BCUT2D eigenvalue weighted by Crippen LogP contribution is -1.91. The highest BCUT2D eigenvalue weighted by molar-refractivity contribution is 9.10. The van der Waals surface area contributed by atoms with Gasteiger partial charge in [0.1, 0.15) is 17.3 Å². The SMILES string of the molecule is Oc1cc(OCF)cc(F)c1Br. The van der Waals surface area contributed by atoms with Gasteiger partial charge in [0.25, 0.3) is 0 Å². The number of halogens is 3. The maximum Gasteiger partial charge on any atom is 0.228 e. The van der Waals surface area contributed by atoms with Crippen LogP contribution in [0.4, 0.5) is 8.78 Å². The summed E-state index contributed by atoms with van der Waals surface area (Å²) in [6, 6.07) is 2.09. The van der Waals surface area contributed by atoms with Gasteiger partial charge in [-0.3, -0.25) is 0 Å². The summed E-state index contributed by atoms with van der Waals surface area (Å²) in [6.45, 7) is -1.06. The minimum Gasteiger partial charge on any atom is -0.507 e. The molecule has 0 bridgehead atoms. The molecule has 0 aliphatic rings. The lowest BCUT2D eigenvalue weighted by atomic mass is 10.3. The minimum atomic E-state index is -1.06. The summed E-state index contributed by atoms with van der Waals surface area (Å²) < 4.78 is 28.6. The standard InChI is InChI=1S/C7H5BrF2O2/c8-7-5(10)1-4(12-3-9)2-6(7)11/h1-2,11H,3H2. The number of aromatic hydroxyl groups is 1. The molecular weight excluding hydrogens is 234 g/mol. The first-order chi connectivity index (χ1) is 5.65. The smallest absolute Gasteiger partial charge is 0.228 e. The first kappa shape index (κ1) is 9.25. The van der Waals surface area contributed by atoms with Crippen LogP contribution in [0.15, 0.2) is 16.6 Å². The van der Waals surface area contributed by atoms with Gasteiger partial charge in [0.05, 0.1) is 4.47 Å². The fourth-order valence-corrected chi connectivity index (χ4v) is 0.926. The van der Waals surface area contributed by atoms with E-state index < -0.39 is 12.7 Å². The molecule has 0 atom stereocenters. The fraction of sp³-hybridized carbons (Fsp3) is 0.143. The van der Waals surface area contributed by atoms with E-state index in [4.69, 9.17) is 5.11 Å². The Morgan fingerprint density at radius 3 is 2.67 bits per heavy atom. The molecule has 0 aromatic heterocycles. The van der Waals surface area contributed by atoms with Crippen LogP contribution in [0, 0.1) is 5.82 Å². The molecule has 0 aliphatic heterocycles. The molecule has 1 aromatic rings. The maximum absolute atomic E-state index is 12.8. The van der Waals surface area contributed by atoms with Crippen molar-refractivity contribution in [3.63, 3.8) is 0 Å². The van der Waals surface area contributed by atoms with Crippen molar-refractivity contribution >= 4 is 15.9 Å². The Bertz CT molecular complexity index is 268. The van der Waals surface area contributed by atoms with Gasteiger partial charge in [-0.25, -0.2) is 8.78 Å². The van der Waals surface area contributed by atoms with Crippen molar-refractivity contribution in [1.82, 2.24) is 0 Å². The Labute approximate surface area is 75.9 Å². The quantitative estimate of drug-likeness (QED) is 0.859. The lowest BCUT2D eigenvalue weighted by Gasteiger charge is -2.03. The first-order valence-electron chi connectivity index (χ1n) is 3.02. The van der Waals surface area contributed by atoms with Crippen LogP contribution in [0.2, 0.25) is 0 Å². The molecule has 12 heavy (non-hydrogen) atoms. The summed E-state index contributed by atoms with van der Waals surface area (Å²) in [4.78, 5) is 0. The third-order valence-electron chi connectivity index (χ3n) is 1.20. The van der Waals surface area contributed by atoms with Crippen LogP contribution in [0.3, 0.4) is 0 Å². The van der Waals surface area contributed by atoms with Crippen LogP contribution in [0.1, 0.15) is 0 Å². The van der Waals surface area contributed by atoms with Crippen molar-refractivity contribution in [2.24, 2.45) is 0 Å². The molecule has 0 fully saturated rings. The molecule has 0 amide bonds. The van der Waals surface area contributed by atoms with Crippen LogP contribution < -0.4 is 4.74 Å². The second-order valence-electron chi connectivity index (χ2n) is 1.99.